The van der Waals surface area contributed by atoms with Crippen LogP contribution in [0.3, 0.4) is 0 Å². The van der Waals surface area contributed by atoms with E-state index in [2.05, 4.69) is 42.4 Å². The molecule has 0 aliphatic carbocycles. The minimum Gasteiger partial charge on any atom is -0.399 e. The van der Waals surface area contributed by atoms with Crippen molar-refractivity contribution in [1.82, 2.24) is 9.36 Å². The van der Waals surface area contributed by atoms with Crippen LogP contribution in [0.5, 0.6) is 0 Å². The van der Waals surface area contributed by atoms with Gasteiger partial charge in [0.1, 0.15) is 6.33 Å². The monoisotopic (exact) mass is 303 g/mol. The molecule has 0 unspecified atom stereocenters. The maximum Gasteiger partial charge on any atom is 0.494 e. The molecule has 7 heteroatoms. The minimum absolute atomic E-state index is 0.333. The Morgan fingerprint density at radius 2 is 1.86 bits per heavy atom. The van der Waals surface area contributed by atoms with E-state index < -0.39 is 0 Å². The van der Waals surface area contributed by atoms with Crippen molar-refractivity contribution in [2.24, 2.45) is 0 Å². The van der Waals surface area contributed by atoms with Gasteiger partial charge in [0.25, 0.3) is 0 Å². The second-order valence-corrected chi connectivity index (χ2v) is 6.87. The lowest BCUT2D eigenvalue weighted by atomic mass is 9.79. The number of hydrogen-bond donors (Lipinski definition) is 1. The van der Waals surface area contributed by atoms with Gasteiger partial charge in [-0.3, -0.25) is 0 Å². The molecule has 0 atom stereocenters. The summed E-state index contributed by atoms with van der Waals surface area (Å²) in [7, 11) is -0.355. The number of anilines is 2. The highest BCUT2D eigenvalue weighted by atomic mass is 32.1. The van der Waals surface area contributed by atoms with Crippen molar-refractivity contribution in [2.75, 3.05) is 5.32 Å². The molecule has 0 spiro atoms. The third-order valence-electron chi connectivity index (χ3n) is 4.02. The minimum atomic E-state index is -0.355. The number of nitrogens with zero attached hydrogens (tertiary/aromatic N) is 2. The molecule has 1 aromatic carbocycles. The number of rotatable bonds is 3. The Bertz CT molecular complexity index is 615. The van der Waals surface area contributed by atoms with E-state index >= 15 is 0 Å². The van der Waals surface area contributed by atoms with Crippen LogP contribution in [0.4, 0.5) is 10.8 Å². The first-order chi connectivity index (χ1) is 9.87. The predicted octanol–water partition coefficient (Wildman–Crippen LogP) is 2.58. The van der Waals surface area contributed by atoms with Crippen molar-refractivity contribution in [3.63, 3.8) is 0 Å². The second kappa shape index (κ2) is 5.08. The van der Waals surface area contributed by atoms with Crippen LogP contribution < -0.4 is 10.8 Å². The van der Waals surface area contributed by atoms with Gasteiger partial charge in [-0.1, -0.05) is 12.1 Å². The van der Waals surface area contributed by atoms with Crippen LogP contribution in [-0.2, 0) is 9.31 Å². The van der Waals surface area contributed by atoms with Crippen molar-refractivity contribution in [3.8, 4) is 0 Å². The Hall–Kier alpha value is -1.44. The second-order valence-electron chi connectivity index (χ2n) is 6.09. The Labute approximate surface area is 129 Å². The highest BCUT2D eigenvalue weighted by Gasteiger charge is 2.51. The zero-order valence-electron chi connectivity index (χ0n) is 12.6. The molecule has 5 nitrogen and oxygen atoms in total. The molecule has 2 aromatic rings. The zero-order chi connectivity index (χ0) is 15.1. The van der Waals surface area contributed by atoms with Crippen LogP contribution in [0.2, 0.25) is 0 Å². The van der Waals surface area contributed by atoms with Crippen LogP contribution in [0.1, 0.15) is 27.7 Å². The van der Waals surface area contributed by atoms with Crippen LogP contribution in [-0.4, -0.2) is 27.7 Å². The van der Waals surface area contributed by atoms with Gasteiger partial charge in [0.15, 0.2) is 0 Å². The number of nitrogens with one attached hydrogen (secondary N) is 1. The molecule has 1 aliphatic rings. The molecule has 1 N–H and O–H groups in total. The normalized spacial score (nSPS) is 19.7. The summed E-state index contributed by atoms with van der Waals surface area (Å²) in [6.07, 6.45) is 1.53. The summed E-state index contributed by atoms with van der Waals surface area (Å²) in [5.41, 5.74) is 1.27. The van der Waals surface area contributed by atoms with Crippen molar-refractivity contribution in [1.29, 1.82) is 0 Å². The van der Waals surface area contributed by atoms with Crippen molar-refractivity contribution >= 4 is 34.9 Å². The molecule has 1 aliphatic heterocycles. The molecule has 1 saturated heterocycles. The molecule has 3 rings (SSSR count). The Kier molecular flexibility index (Phi) is 3.51. The molecule has 0 bridgehead atoms. The van der Waals surface area contributed by atoms with Gasteiger partial charge in [0, 0.05) is 17.2 Å². The Balaban J connectivity index is 1.81. The lowest BCUT2D eigenvalue weighted by molar-refractivity contribution is 0.00578. The summed E-state index contributed by atoms with van der Waals surface area (Å²) < 4.78 is 16.1. The summed E-state index contributed by atoms with van der Waals surface area (Å²) in [6.45, 7) is 8.21. The molecule has 2 heterocycles. The average Bonchev–Trinajstić information content (AvgIpc) is 2.97. The largest absolute Gasteiger partial charge is 0.494 e. The first-order valence-corrected chi connectivity index (χ1v) is 7.64. The van der Waals surface area contributed by atoms with Gasteiger partial charge in [-0.25, -0.2) is 4.98 Å². The van der Waals surface area contributed by atoms with Gasteiger partial charge in [-0.2, -0.15) is 4.37 Å². The number of aromatic nitrogens is 2. The van der Waals surface area contributed by atoms with E-state index in [0.717, 1.165) is 16.3 Å². The van der Waals surface area contributed by atoms with Gasteiger partial charge < -0.3 is 14.6 Å². The topological polar surface area (TPSA) is 56.3 Å². The van der Waals surface area contributed by atoms with E-state index in [4.69, 9.17) is 9.31 Å². The van der Waals surface area contributed by atoms with Crippen molar-refractivity contribution in [3.05, 3.63) is 30.6 Å². The molecule has 1 aromatic heterocycles. The smallest absolute Gasteiger partial charge is 0.399 e. The highest BCUT2D eigenvalue weighted by Crippen LogP contribution is 2.36. The number of hydrogen-bond acceptors (Lipinski definition) is 6. The van der Waals surface area contributed by atoms with E-state index in [0.29, 0.717) is 0 Å². The maximum atomic E-state index is 6.06. The van der Waals surface area contributed by atoms with Gasteiger partial charge in [0.2, 0.25) is 5.13 Å². The molecule has 0 radical (unpaired) electrons. The maximum absolute atomic E-state index is 6.06. The third-order valence-corrected chi connectivity index (χ3v) is 4.60. The van der Waals surface area contributed by atoms with Crippen LogP contribution in [0.25, 0.3) is 0 Å². The summed E-state index contributed by atoms with van der Waals surface area (Å²) in [5.74, 6) is 0. The van der Waals surface area contributed by atoms with E-state index in [1.807, 2.05) is 24.3 Å². The van der Waals surface area contributed by atoms with E-state index in [9.17, 15) is 0 Å². The van der Waals surface area contributed by atoms with E-state index in [1.54, 1.807) is 0 Å². The fourth-order valence-electron chi connectivity index (χ4n) is 2.09. The molecular weight excluding hydrogens is 285 g/mol. The van der Waals surface area contributed by atoms with Crippen LogP contribution >= 0.6 is 11.5 Å². The third kappa shape index (κ3) is 2.81. The fourth-order valence-corrected chi connectivity index (χ4v) is 2.55. The van der Waals surface area contributed by atoms with Crippen LogP contribution in [0.15, 0.2) is 30.6 Å². The predicted molar refractivity (Wildman–Crippen MR) is 85.3 cm³/mol. The van der Waals surface area contributed by atoms with Gasteiger partial charge in [0.05, 0.1) is 11.2 Å². The molecule has 21 heavy (non-hydrogen) atoms. The lowest BCUT2D eigenvalue weighted by Gasteiger charge is -2.32. The van der Waals surface area contributed by atoms with Crippen molar-refractivity contribution < 1.29 is 9.31 Å². The molecule has 1 fully saturated rings. The fraction of sp³-hybridized carbons (Fsp3) is 0.429. The van der Waals surface area contributed by atoms with Crippen molar-refractivity contribution in [2.45, 2.75) is 38.9 Å². The van der Waals surface area contributed by atoms with Gasteiger partial charge >= 0.3 is 7.12 Å². The summed E-state index contributed by atoms with van der Waals surface area (Å²) >= 11 is 1.32. The zero-order valence-corrected chi connectivity index (χ0v) is 13.4. The van der Waals surface area contributed by atoms with E-state index in [1.165, 1.54) is 17.9 Å². The summed E-state index contributed by atoms with van der Waals surface area (Å²) in [6, 6.07) is 7.98. The van der Waals surface area contributed by atoms with Gasteiger partial charge in [-0.05, 0) is 45.3 Å². The quantitative estimate of drug-likeness (QED) is 0.883. The first kappa shape index (κ1) is 14.5. The van der Waals surface area contributed by atoms with Gasteiger partial charge in [-0.15, -0.1) is 0 Å². The first-order valence-electron chi connectivity index (χ1n) is 6.87. The van der Waals surface area contributed by atoms with Crippen LogP contribution in [0, 0.1) is 0 Å². The highest BCUT2D eigenvalue weighted by molar-refractivity contribution is 7.09. The SMILES string of the molecule is CC1(C)OB(c2cccc(Nc3ncns3)c2)OC1(C)C. The lowest BCUT2D eigenvalue weighted by Crippen LogP contribution is -2.41. The van der Waals surface area contributed by atoms with E-state index in [-0.39, 0.29) is 18.3 Å². The molecular formula is C14H18BN3O2S. The molecule has 110 valence electrons. The number of benzene rings is 1. The Morgan fingerprint density at radius 3 is 2.48 bits per heavy atom. The molecule has 0 saturated carbocycles. The Morgan fingerprint density at radius 1 is 1.14 bits per heavy atom. The summed E-state index contributed by atoms with van der Waals surface area (Å²) in [5, 5.41) is 3.99. The summed E-state index contributed by atoms with van der Waals surface area (Å²) in [4.78, 5) is 4.12. The standard InChI is InChI=1S/C14H18BN3O2S/c1-13(2)14(3,4)20-15(19-13)10-6-5-7-11(8-10)18-12-16-9-17-21-12/h5-9H,1-4H3,(H,16,17,18). The average molecular weight is 303 g/mol. The molecule has 0 amide bonds.